The van der Waals surface area contributed by atoms with Crippen LogP contribution in [0.2, 0.25) is 5.02 Å². The van der Waals surface area contributed by atoms with Crippen molar-refractivity contribution in [2.45, 2.75) is 0 Å². The number of fused-ring (bicyclic) bond motifs is 1. The molecule has 3 aromatic rings. The van der Waals surface area contributed by atoms with Crippen LogP contribution in [0.5, 0.6) is 5.75 Å². The second kappa shape index (κ2) is 5.98. The van der Waals surface area contributed by atoms with Crippen LogP contribution in [-0.4, -0.2) is 12.1 Å². The molecule has 0 unspecified atom stereocenters. The predicted octanol–water partition coefficient (Wildman–Crippen LogP) is 5.07. The minimum atomic E-state index is 0.718. The van der Waals surface area contributed by atoms with Crippen molar-refractivity contribution in [3.05, 3.63) is 70.9 Å². The van der Waals surface area contributed by atoms with Gasteiger partial charge in [0, 0.05) is 5.39 Å². The van der Waals surface area contributed by atoms with E-state index in [1.54, 1.807) is 7.11 Å². The molecule has 104 valence electrons. The summed E-state index contributed by atoms with van der Waals surface area (Å²) in [6.07, 6.45) is 3.97. The Hall–Kier alpha value is -2.32. The number of halogens is 1. The van der Waals surface area contributed by atoms with Crippen molar-refractivity contribution < 1.29 is 4.74 Å². The monoisotopic (exact) mass is 295 g/mol. The number of hydrogen-bond donors (Lipinski definition) is 0. The fourth-order valence-corrected chi connectivity index (χ4v) is 2.41. The minimum Gasteiger partial charge on any atom is -0.497 e. The summed E-state index contributed by atoms with van der Waals surface area (Å²) >= 11 is 6.29. The minimum absolute atomic E-state index is 0.718. The maximum atomic E-state index is 6.29. The largest absolute Gasteiger partial charge is 0.497 e. The summed E-state index contributed by atoms with van der Waals surface area (Å²) in [4.78, 5) is 4.59. The Balaban J connectivity index is 1.91. The molecule has 0 saturated heterocycles. The first-order valence-corrected chi connectivity index (χ1v) is 7.01. The number of para-hydroxylation sites is 1. The Morgan fingerprint density at radius 2 is 1.76 bits per heavy atom. The Kier molecular flexibility index (Phi) is 3.89. The summed E-state index contributed by atoms with van der Waals surface area (Å²) in [5, 5.41) is 1.69. The number of rotatable bonds is 3. The van der Waals surface area contributed by atoms with Crippen LogP contribution in [0, 0.1) is 0 Å². The number of aromatic nitrogens is 1. The van der Waals surface area contributed by atoms with Crippen LogP contribution in [-0.2, 0) is 0 Å². The second-order valence-electron chi connectivity index (χ2n) is 4.65. The molecule has 0 spiro atoms. The molecule has 0 N–H and O–H groups in total. The second-order valence-corrected chi connectivity index (χ2v) is 5.06. The summed E-state index contributed by atoms with van der Waals surface area (Å²) < 4.78 is 5.14. The van der Waals surface area contributed by atoms with Gasteiger partial charge in [-0.3, -0.25) is 0 Å². The number of pyridine rings is 1. The van der Waals surface area contributed by atoms with Crippen LogP contribution in [0.1, 0.15) is 11.3 Å². The molecule has 0 aliphatic carbocycles. The Labute approximate surface area is 128 Å². The van der Waals surface area contributed by atoms with Crippen LogP contribution in [0.3, 0.4) is 0 Å². The molecule has 0 radical (unpaired) electrons. The van der Waals surface area contributed by atoms with E-state index in [0.29, 0.717) is 0 Å². The van der Waals surface area contributed by atoms with E-state index < -0.39 is 0 Å². The lowest BCUT2D eigenvalue weighted by atomic mass is 10.1. The van der Waals surface area contributed by atoms with Crippen molar-refractivity contribution in [3.63, 3.8) is 0 Å². The number of nitrogens with zero attached hydrogens (tertiary/aromatic N) is 1. The predicted molar refractivity (Wildman–Crippen MR) is 88.7 cm³/mol. The maximum Gasteiger partial charge on any atom is 0.118 e. The van der Waals surface area contributed by atoms with E-state index >= 15 is 0 Å². The number of ether oxygens (including phenoxy) is 1. The molecule has 2 aromatic carbocycles. The molecule has 0 saturated carbocycles. The van der Waals surface area contributed by atoms with E-state index in [-0.39, 0.29) is 0 Å². The van der Waals surface area contributed by atoms with Gasteiger partial charge in [-0.25, -0.2) is 4.98 Å². The van der Waals surface area contributed by atoms with E-state index in [4.69, 9.17) is 16.3 Å². The molecule has 0 fully saturated rings. The molecule has 21 heavy (non-hydrogen) atoms. The molecule has 0 amide bonds. The highest BCUT2D eigenvalue weighted by Gasteiger charge is 2.01. The third-order valence-corrected chi connectivity index (χ3v) is 3.56. The van der Waals surface area contributed by atoms with E-state index in [9.17, 15) is 0 Å². The van der Waals surface area contributed by atoms with Gasteiger partial charge in [0.25, 0.3) is 0 Å². The quantitative estimate of drug-likeness (QED) is 0.673. The average molecular weight is 296 g/mol. The van der Waals surface area contributed by atoms with Gasteiger partial charge in [-0.05, 0) is 35.9 Å². The average Bonchev–Trinajstić information content (AvgIpc) is 2.53. The first kappa shape index (κ1) is 13.7. The zero-order chi connectivity index (χ0) is 14.7. The van der Waals surface area contributed by atoms with Gasteiger partial charge < -0.3 is 4.74 Å². The van der Waals surface area contributed by atoms with Gasteiger partial charge >= 0.3 is 0 Å². The van der Waals surface area contributed by atoms with Crippen molar-refractivity contribution in [1.82, 2.24) is 4.98 Å². The maximum absolute atomic E-state index is 6.29. The van der Waals surface area contributed by atoms with Gasteiger partial charge in [0.15, 0.2) is 0 Å². The van der Waals surface area contributed by atoms with Crippen LogP contribution in [0.15, 0.2) is 54.6 Å². The third-order valence-electron chi connectivity index (χ3n) is 3.25. The lowest BCUT2D eigenvalue weighted by Crippen LogP contribution is -1.85. The Bertz CT molecular complexity index is 794. The zero-order valence-corrected chi connectivity index (χ0v) is 12.3. The van der Waals surface area contributed by atoms with Gasteiger partial charge in [-0.15, -0.1) is 0 Å². The van der Waals surface area contributed by atoms with Crippen molar-refractivity contribution in [3.8, 4) is 5.75 Å². The standard InChI is InChI=1S/C18H14ClNO/c1-21-15-10-7-13(8-11-15)6-9-14-12-17(19)16-4-2-3-5-18(16)20-14/h2-12H,1H3/b9-6+. The first-order valence-electron chi connectivity index (χ1n) is 6.64. The zero-order valence-electron chi connectivity index (χ0n) is 11.6. The summed E-state index contributed by atoms with van der Waals surface area (Å²) in [6, 6.07) is 17.6. The summed E-state index contributed by atoms with van der Waals surface area (Å²) in [6.45, 7) is 0. The highest BCUT2D eigenvalue weighted by atomic mass is 35.5. The van der Waals surface area contributed by atoms with Crippen molar-refractivity contribution >= 4 is 34.7 Å². The molecule has 3 heteroatoms. The lowest BCUT2D eigenvalue weighted by molar-refractivity contribution is 0.415. The molecular weight excluding hydrogens is 282 g/mol. The molecule has 2 nitrogen and oxygen atoms in total. The van der Waals surface area contributed by atoms with Gasteiger partial charge in [0.1, 0.15) is 5.75 Å². The topological polar surface area (TPSA) is 22.1 Å². The van der Waals surface area contributed by atoms with E-state index in [0.717, 1.165) is 32.9 Å². The molecule has 0 aliphatic rings. The Morgan fingerprint density at radius 3 is 2.52 bits per heavy atom. The van der Waals surface area contributed by atoms with Crippen molar-refractivity contribution in [1.29, 1.82) is 0 Å². The fourth-order valence-electron chi connectivity index (χ4n) is 2.13. The molecule has 1 heterocycles. The summed E-state index contributed by atoms with van der Waals surface area (Å²) in [7, 11) is 1.66. The van der Waals surface area contributed by atoms with E-state index in [2.05, 4.69) is 4.98 Å². The van der Waals surface area contributed by atoms with Crippen LogP contribution in [0.4, 0.5) is 0 Å². The fraction of sp³-hybridized carbons (Fsp3) is 0.0556. The Morgan fingerprint density at radius 1 is 1.00 bits per heavy atom. The van der Waals surface area contributed by atoms with Gasteiger partial charge in [0.05, 0.1) is 23.3 Å². The molecule has 0 aliphatic heterocycles. The highest BCUT2D eigenvalue weighted by Crippen LogP contribution is 2.23. The van der Waals surface area contributed by atoms with Crippen molar-refractivity contribution in [2.75, 3.05) is 7.11 Å². The summed E-state index contributed by atoms with van der Waals surface area (Å²) in [5.74, 6) is 0.846. The molecule has 3 rings (SSSR count). The smallest absolute Gasteiger partial charge is 0.118 e. The number of hydrogen-bond acceptors (Lipinski definition) is 2. The normalized spacial score (nSPS) is 11.1. The van der Waals surface area contributed by atoms with Crippen LogP contribution in [0.25, 0.3) is 23.1 Å². The molecule has 1 aromatic heterocycles. The SMILES string of the molecule is COc1ccc(/C=C/c2cc(Cl)c3ccccc3n2)cc1. The highest BCUT2D eigenvalue weighted by molar-refractivity contribution is 6.35. The molecular formula is C18H14ClNO. The first-order chi connectivity index (χ1) is 10.3. The number of benzene rings is 2. The summed E-state index contributed by atoms with van der Waals surface area (Å²) in [5.41, 5.74) is 2.83. The molecule has 0 bridgehead atoms. The van der Waals surface area contributed by atoms with E-state index in [1.807, 2.05) is 66.7 Å². The third kappa shape index (κ3) is 3.06. The molecule has 0 atom stereocenters. The van der Waals surface area contributed by atoms with Crippen LogP contribution >= 0.6 is 11.6 Å². The van der Waals surface area contributed by atoms with E-state index in [1.165, 1.54) is 0 Å². The number of methoxy groups -OCH3 is 1. The van der Waals surface area contributed by atoms with Crippen LogP contribution < -0.4 is 4.74 Å². The lowest BCUT2D eigenvalue weighted by Gasteiger charge is -2.02. The van der Waals surface area contributed by atoms with Crippen molar-refractivity contribution in [2.24, 2.45) is 0 Å². The van der Waals surface area contributed by atoms with Gasteiger partial charge in [0.2, 0.25) is 0 Å². The van der Waals surface area contributed by atoms with Gasteiger partial charge in [-0.1, -0.05) is 48.0 Å². The van der Waals surface area contributed by atoms with Gasteiger partial charge in [-0.2, -0.15) is 0 Å².